The molecule has 0 spiro atoms. The normalized spacial score (nSPS) is 10.1. The Balaban J connectivity index is 3.85. The molecule has 0 saturated heterocycles. The molecule has 2 amide bonds. The number of rotatable bonds is 6. The highest BCUT2D eigenvalue weighted by Crippen LogP contribution is 2.49. The number of guanidine groups is 1. The number of hydrogen-bond acceptors (Lipinski definition) is 7. The van der Waals surface area contributed by atoms with Crippen LogP contribution < -0.4 is 24.8 Å². The molecule has 1 rings (SSSR count). The minimum atomic E-state index is -0.699. The van der Waals surface area contributed by atoms with Crippen LogP contribution in [0.25, 0.3) is 0 Å². The SMILES string of the molecule is CCc1c(NC(=O)NC(N(C)C)=[N+](C)C)c(CC)c(OC(C)=O)c(OC(C)=O)c1OC(C)=O. The zero-order valence-corrected chi connectivity index (χ0v) is 20.7. The van der Waals surface area contributed by atoms with Gasteiger partial charge in [0, 0.05) is 31.9 Å². The Morgan fingerprint density at radius 1 is 0.788 bits per heavy atom. The quantitative estimate of drug-likeness (QED) is 0.214. The number of ether oxygens (including phenoxy) is 3. The number of urea groups is 1. The highest BCUT2D eigenvalue weighted by Gasteiger charge is 2.30. The van der Waals surface area contributed by atoms with E-state index in [9.17, 15) is 19.2 Å². The lowest BCUT2D eigenvalue weighted by Gasteiger charge is -2.23. The third-order valence-corrected chi connectivity index (χ3v) is 4.32. The van der Waals surface area contributed by atoms with Crippen LogP contribution in [-0.2, 0) is 27.2 Å². The van der Waals surface area contributed by atoms with Gasteiger partial charge in [-0.2, -0.15) is 5.32 Å². The van der Waals surface area contributed by atoms with Crippen molar-refractivity contribution in [3.8, 4) is 17.2 Å². The Morgan fingerprint density at radius 3 is 1.48 bits per heavy atom. The molecule has 0 atom stereocenters. The molecule has 0 aliphatic rings. The molecule has 0 unspecified atom stereocenters. The first-order valence-corrected chi connectivity index (χ1v) is 10.4. The number of benzene rings is 1. The van der Waals surface area contributed by atoms with E-state index in [0.717, 1.165) is 0 Å². The van der Waals surface area contributed by atoms with Gasteiger partial charge in [0.05, 0.1) is 33.9 Å². The van der Waals surface area contributed by atoms with Crippen molar-refractivity contribution in [1.29, 1.82) is 0 Å². The second kappa shape index (κ2) is 11.8. The maximum absolute atomic E-state index is 12.9. The summed E-state index contributed by atoms with van der Waals surface area (Å²) < 4.78 is 17.8. The number of amides is 2. The fourth-order valence-corrected chi connectivity index (χ4v) is 3.22. The first-order chi connectivity index (χ1) is 15.3. The maximum atomic E-state index is 12.9. The lowest BCUT2D eigenvalue weighted by molar-refractivity contribution is -0.471. The maximum Gasteiger partial charge on any atom is 0.384 e. The molecule has 33 heavy (non-hydrogen) atoms. The monoisotopic (exact) mass is 465 g/mol. The highest BCUT2D eigenvalue weighted by atomic mass is 16.6. The van der Waals surface area contributed by atoms with Gasteiger partial charge in [-0.05, 0) is 12.8 Å². The lowest BCUT2D eigenvalue weighted by Crippen LogP contribution is -2.46. The van der Waals surface area contributed by atoms with Gasteiger partial charge in [-0.3, -0.25) is 29.2 Å². The summed E-state index contributed by atoms with van der Waals surface area (Å²) in [6.45, 7) is 7.11. The first-order valence-electron chi connectivity index (χ1n) is 10.4. The molecule has 11 heteroatoms. The van der Waals surface area contributed by atoms with Gasteiger partial charge >= 0.3 is 29.9 Å². The van der Waals surface area contributed by atoms with Crippen molar-refractivity contribution >= 4 is 35.6 Å². The van der Waals surface area contributed by atoms with Crippen LogP contribution in [0.15, 0.2) is 0 Å². The van der Waals surface area contributed by atoms with Crippen LogP contribution in [0.4, 0.5) is 10.5 Å². The van der Waals surface area contributed by atoms with Crippen LogP contribution in [0.1, 0.15) is 45.7 Å². The number of carbonyl (C=O) groups excluding carboxylic acids is 4. The number of nitrogens with zero attached hydrogens (tertiary/aromatic N) is 2. The van der Waals surface area contributed by atoms with E-state index in [0.29, 0.717) is 29.9 Å². The zero-order valence-electron chi connectivity index (χ0n) is 20.7. The van der Waals surface area contributed by atoms with E-state index in [2.05, 4.69) is 10.6 Å². The molecule has 1 aromatic carbocycles. The fraction of sp³-hybridized carbons (Fsp3) is 0.500. The summed E-state index contributed by atoms with van der Waals surface area (Å²) >= 11 is 0. The molecule has 0 aromatic heterocycles. The largest absolute Gasteiger partial charge is 0.422 e. The summed E-state index contributed by atoms with van der Waals surface area (Å²) in [6, 6.07) is -0.570. The Bertz CT molecular complexity index is 934. The Morgan fingerprint density at radius 2 is 1.18 bits per heavy atom. The smallest absolute Gasteiger partial charge is 0.384 e. The summed E-state index contributed by atoms with van der Waals surface area (Å²) in [6.07, 6.45) is 0.607. The third-order valence-electron chi connectivity index (χ3n) is 4.32. The van der Waals surface area contributed by atoms with Crippen molar-refractivity contribution in [3.05, 3.63) is 11.1 Å². The van der Waals surface area contributed by atoms with E-state index >= 15 is 0 Å². The predicted octanol–water partition coefficient (Wildman–Crippen LogP) is 1.90. The van der Waals surface area contributed by atoms with Crippen LogP contribution >= 0.6 is 0 Å². The minimum Gasteiger partial charge on any atom is -0.422 e. The number of esters is 3. The minimum absolute atomic E-state index is 0.103. The predicted molar refractivity (Wildman–Crippen MR) is 122 cm³/mol. The van der Waals surface area contributed by atoms with Crippen LogP contribution in [0.3, 0.4) is 0 Å². The van der Waals surface area contributed by atoms with Crippen molar-refractivity contribution in [2.45, 2.75) is 47.5 Å². The summed E-state index contributed by atoms with van der Waals surface area (Å²) in [4.78, 5) is 50.1. The highest BCUT2D eigenvalue weighted by molar-refractivity contribution is 6.02. The van der Waals surface area contributed by atoms with E-state index in [-0.39, 0.29) is 22.9 Å². The summed E-state index contributed by atoms with van der Waals surface area (Å²) in [5.41, 5.74) is 1.10. The molecule has 11 nitrogen and oxygen atoms in total. The summed E-state index contributed by atoms with van der Waals surface area (Å²) in [5, 5.41) is 5.53. The topological polar surface area (TPSA) is 126 Å². The van der Waals surface area contributed by atoms with Crippen molar-refractivity contribution in [2.24, 2.45) is 0 Å². The molecule has 0 aliphatic carbocycles. The van der Waals surface area contributed by atoms with Gasteiger partial charge in [-0.15, -0.1) is 0 Å². The molecule has 0 saturated carbocycles. The van der Waals surface area contributed by atoms with Crippen LogP contribution in [0.2, 0.25) is 0 Å². The fourth-order valence-electron chi connectivity index (χ4n) is 3.22. The van der Waals surface area contributed by atoms with Gasteiger partial charge in [-0.1, -0.05) is 13.8 Å². The molecule has 0 aliphatic heterocycles. The molecular weight excluding hydrogens is 432 g/mol. The standard InChI is InChI=1S/C22H32N4O7/c1-10-15-17(23-21(30)24-22(25(6)7)26(8)9)16(11-2)19(32-13(4)28)20(33-14(5)29)18(15)31-12(3)27/h10-11H2,1-9H3,(H,23,30)/p+1. The lowest BCUT2D eigenvalue weighted by atomic mass is 9.99. The Kier molecular flexibility index (Phi) is 9.83. The molecular formula is C22H33N4O7+. The number of hydrogen-bond donors (Lipinski definition) is 2. The van der Waals surface area contributed by atoms with Gasteiger partial charge in [0.1, 0.15) is 0 Å². The zero-order chi connectivity index (χ0) is 25.5. The second-order valence-corrected chi connectivity index (χ2v) is 7.50. The van der Waals surface area contributed by atoms with Gasteiger partial charge in [0.2, 0.25) is 5.75 Å². The van der Waals surface area contributed by atoms with Gasteiger partial charge in [-0.25, -0.2) is 4.79 Å². The van der Waals surface area contributed by atoms with Gasteiger partial charge < -0.3 is 14.2 Å². The molecule has 0 heterocycles. The number of carbonyl (C=O) groups is 4. The van der Waals surface area contributed by atoms with E-state index in [4.69, 9.17) is 14.2 Å². The van der Waals surface area contributed by atoms with Gasteiger partial charge in [0.15, 0.2) is 11.5 Å². The second-order valence-electron chi connectivity index (χ2n) is 7.50. The van der Waals surface area contributed by atoms with E-state index in [1.807, 2.05) is 0 Å². The van der Waals surface area contributed by atoms with Crippen molar-refractivity contribution < 1.29 is 38.0 Å². The van der Waals surface area contributed by atoms with Crippen LogP contribution in [0, 0.1) is 0 Å². The Labute approximate surface area is 193 Å². The average Bonchev–Trinajstić information content (AvgIpc) is 2.67. The van der Waals surface area contributed by atoms with Crippen LogP contribution in [0.5, 0.6) is 17.2 Å². The van der Waals surface area contributed by atoms with Crippen molar-refractivity contribution in [3.63, 3.8) is 0 Å². The van der Waals surface area contributed by atoms with E-state index < -0.39 is 23.9 Å². The number of nitrogens with one attached hydrogen (secondary N) is 2. The molecule has 1 aromatic rings. The van der Waals surface area contributed by atoms with Crippen LogP contribution in [-0.4, -0.2) is 67.6 Å². The van der Waals surface area contributed by atoms with Crippen molar-refractivity contribution in [1.82, 2.24) is 10.2 Å². The Hall–Kier alpha value is -3.63. The van der Waals surface area contributed by atoms with E-state index in [1.165, 1.54) is 20.8 Å². The third kappa shape index (κ3) is 7.19. The average molecular weight is 466 g/mol. The number of anilines is 1. The van der Waals surface area contributed by atoms with Crippen molar-refractivity contribution in [2.75, 3.05) is 33.5 Å². The molecule has 2 N–H and O–H groups in total. The molecule has 0 bridgehead atoms. The summed E-state index contributed by atoms with van der Waals surface area (Å²) in [7, 11) is 7.10. The molecule has 182 valence electrons. The van der Waals surface area contributed by atoms with Gasteiger partial charge in [0.25, 0.3) is 0 Å². The first kappa shape index (κ1) is 27.4. The molecule has 0 fully saturated rings. The van der Waals surface area contributed by atoms with E-state index in [1.54, 1.807) is 51.5 Å². The summed E-state index contributed by atoms with van der Waals surface area (Å²) in [5.74, 6) is -1.94. The molecule has 0 radical (unpaired) electrons.